The van der Waals surface area contributed by atoms with Crippen molar-refractivity contribution in [3.05, 3.63) is 179 Å². The molecule has 2 aliphatic rings. The Morgan fingerprint density at radius 1 is 0.673 bits per heavy atom. The molecule has 7 rings (SSSR count). The van der Waals surface area contributed by atoms with E-state index in [1.165, 1.54) is 11.8 Å². The molecule has 252 valence electrons. The van der Waals surface area contributed by atoms with Gasteiger partial charge in [0.1, 0.15) is 29.9 Å². The van der Waals surface area contributed by atoms with Crippen molar-refractivity contribution in [3.63, 3.8) is 0 Å². The average molecular weight is 695 g/mol. The van der Waals surface area contributed by atoms with Gasteiger partial charge in [-0.3, -0.25) is 4.18 Å². The minimum atomic E-state index is -3.99. The van der Waals surface area contributed by atoms with Crippen LogP contribution in [0.5, 0.6) is 0 Å². The van der Waals surface area contributed by atoms with Crippen LogP contribution >= 0.6 is 11.8 Å². The molecule has 0 radical (unpaired) electrons. The predicted molar refractivity (Wildman–Crippen MR) is 190 cm³/mol. The first kappa shape index (κ1) is 33.7. The van der Waals surface area contributed by atoms with Crippen LogP contribution < -0.4 is 0 Å². The van der Waals surface area contributed by atoms with Gasteiger partial charge in [0.05, 0.1) is 24.2 Å². The first-order valence-electron chi connectivity index (χ1n) is 16.3. The topological polar surface area (TPSA) is 80.3 Å². The van der Waals surface area contributed by atoms with Gasteiger partial charge in [-0.2, -0.15) is 8.42 Å². The summed E-state index contributed by atoms with van der Waals surface area (Å²) in [6.07, 6.45) is -2.79. The van der Waals surface area contributed by atoms with Gasteiger partial charge in [-0.05, 0) is 22.3 Å². The summed E-state index contributed by atoms with van der Waals surface area (Å²) >= 11 is 1.50. The molecule has 6 atom stereocenters. The third-order valence-electron chi connectivity index (χ3n) is 8.76. The average Bonchev–Trinajstić information content (AvgIpc) is 3.14. The largest absolute Gasteiger partial charge is 0.368 e. The van der Waals surface area contributed by atoms with Crippen molar-refractivity contribution in [2.45, 2.75) is 47.5 Å². The van der Waals surface area contributed by atoms with Crippen molar-refractivity contribution >= 4 is 21.9 Å². The zero-order valence-corrected chi connectivity index (χ0v) is 28.6. The first-order valence-corrected chi connectivity index (χ1v) is 19.0. The Morgan fingerprint density at radius 3 is 1.67 bits per heavy atom. The number of rotatable bonds is 11. The summed E-state index contributed by atoms with van der Waals surface area (Å²) in [6, 6.07) is 50.0. The van der Waals surface area contributed by atoms with Gasteiger partial charge in [0.2, 0.25) is 0 Å². The quantitative estimate of drug-likeness (QED) is 0.104. The van der Waals surface area contributed by atoms with Crippen LogP contribution in [-0.4, -0.2) is 51.1 Å². The van der Waals surface area contributed by atoms with Crippen LogP contribution in [0.1, 0.15) is 34.1 Å². The fourth-order valence-corrected chi connectivity index (χ4v) is 8.97. The van der Waals surface area contributed by atoms with E-state index in [1.807, 2.05) is 115 Å². The second kappa shape index (κ2) is 15.0. The molecule has 5 aromatic carbocycles. The van der Waals surface area contributed by atoms with Gasteiger partial charge in [-0.25, -0.2) is 0 Å². The molecule has 0 N–H and O–H groups in total. The Bertz CT molecular complexity index is 1780. The highest BCUT2D eigenvalue weighted by molar-refractivity contribution is 8.01. The van der Waals surface area contributed by atoms with E-state index < -0.39 is 51.0 Å². The third kappa shape index (κ3) is 7.54. The fourth-order valence-electron chi connectivity index (χ4n) is 6.58. The summed E-state index contributed by atoms with van der Waals surface area (Å²) in [7, 11) is -3.99. The van der Waals surface area contributed by atoms with E-state index in [2.05, 4.69) is 36.4 Å². The van der Waals surface area contributed by atoms with Crippen molar-refractivity contribution in [2.24, 2.45) is 0 Å². The lowest BCUT2D eigenvalue weighted by Crippen LogP contribution is -2.63. The summed E-state index contributed by atoms with van der Waals surface area (Å²) < 4.78 is 57.7. The normalized spacial score (nSPS) is 24.2. The van der Waals surface area contributed by atoms with E-state index in [0.717, 1.165) is 34.1 Å². The number of ether oxygens (including phenoxy) is 4. The molecule has 0 aliphatic carbocycles. The summed E-state index contributed by atoms with van der Waals surface area (Å²) in [5.41, 5.74) is 3.95. The summed E-state index contributed by atoms with van der Waals surface area (Å²) in [5, 5.41) is 0. The zero-order valence-electron chi connectivity index (χ0n) is 27.0. The number of hydrogen-bond acceptors (Lipinski definition) is 8. The van der Waals surface area contributed by atoms with Gasteiger partial charge in [0.15, 0.2) is 6.29 Å². The maximum Gasteiger partial charge on any atom is 0.264 e. The standard InChI is InChI=1S/C40H38O7S2/c1-49(41,42)47-37-36(43-27-29-17-7-2-8-18-29)35-34(28-44-38(46-35)30-19-9-3-10-20-30)45-39(37)48-40(31-21-11-4-12-22-31,32-23-13-5-14-24-32)33-25-15-6-16-26-33/h2-26,34-39H,27-28H2,1H3/t34-,35-,36+,37-,38?,39+/m1/s1. The van der Waals surface area contributed by atoms with Crippen LogP contribution in [0.2, 0.25) is 0 Å². The van der Waals surface area contributed by atoms with Gasteiger partial charge in [0.25, 0.3) is 10.1 Å². The molecule has 0 bridgehead atoms. The molecular weight excluding hydrogens is 657 g/mol. The van der Waals surface area contributed by atoms with Crippen LogP contribution in [0.25, 0.3) is 0 Å². The van der Waals surface area contributed by atoms with E-state index in [0.29, 0.717) is 0 Å². The predicted octanol–water partition coefficient (Wildman–Crippen LogP) is 7.48. The van der Waals surface area contributed by atoms with Crippen molar-refractivity contribution in [1.29, 1.82) is 0 Å². The second-order valence-corrected chi connectivity index (χ2v) is 15.1. The molecule has 0 saturated carbocycles. The minimum Gasteiger partial charge on any atom is -0.368 e. The molecule has 2 saturated heterocycles. The molecular formula is C40H38O7S2. The second-order valence-electron chi connectivity index (χ2n) is 12.1. The van der Waals surface area contributed by atoms with Crippen LogP contribution in [0.3, 0.4) is 0 Å². The summed E-state index contributed by atoms with van der Waals surface area (Å²) in [6.45, 7) is 0.435. The van der Waals surface area contributed by atoms with E-state index >= 15 is 0 Å². The lowest BCUT2D eigenvalue weighted by molar-refractivity contribution is -0.322. The molecule has 5 aromatic rings. The van der Waals surface area contributed by atoms with Crippen LogP contribution in [0.4, 0.5) is 0 Å². The third-order valence-corrected chi connectivity index (χ3v) is 11.0. The van der Waals surface area contributed by atoms with Gasteiger partial charge in [-0.1, -0.05) is 152 Å². The molecule has 7 nitrogen and oxygen atoms in total. The maximum atomic E-state index is 13.1. The molecule has 0 spiro atoms. The lowest BCUT2D eigenvalue weighted by Gasteiger charge is -2.50. The van der Waals surface area contributed by atoms with Gasteiger partial charge < -0.3 is 18.9 Å². The lowest BCUT2D eigenvalue weighted by atomic mass is 9.84. The van der Waals surface area contributed by atoms with E-state index in [1.54, 1.807) is 0 Å². The molecule has 2 fully saturated rings. The Hall–Kier alpha value is -3.80. The maximum absolute atomic E-state index is 13.1. The van der Waals surface area contributed by atoms with Crippen LogP contribution in [0.15, 0.2) is 152 Å². The first-order chi connectivity index (χ1) is 23.9. The minimum absolute atomic E-state index is 0.215. The summed E-state index contributed by atoms with van der Waals surface area (Å²) in [5.74, 6) is 0. The van der Waals surface area contributed by atoms with Gasteiger partial charge >= 0.3 is 0 Å². The molecule has 1 unspecified atom stereocenters. The van der Waals surface area contributed by atoms with Crippen LogP contribution in [-0.2, 0) is 44.6 Å². The Labute approximate surface area is 292 Å². The highest BCUT2D eigenvalue weighted by Gasteiger charge is 2.55. The Kier molecular flexibility index (Phi) is 10.3. The molecule has 0 aromatic heterocycles. The molecule has 49 heavy (non-hydrogen) atoms. The smallest absolute Gasteiger partial charge is 0.264 e. The van der Waals surface area contributed by atoms with Gasteiger partial charge in [0, 0.05) is 5.56 Å². The van der Waals surface area contributed by atoms with E-state index in [-0.39, 0.29) is 13.2 Å². The summed E-state index contributed by atoms with van der Waals surface area (Å²) in [4.78, 5) is 0. The van der Waals surface area contributed by atoms with E-state index in [9.17, 15) is 8.42 Å². The van der Waals surface area contributed by atoms with Crippen molar-refractivity contribution in [3.8, 4) is 0 Å². The van der Waals surface area contributed by atoms with Crippen molar-refractivity contribution < 1.29 is 31.5 Å². The van der Waals surface area contributed by atoms with Crippen molar-refractivity contribution in [1.82, 2.24) is 0 Å². The Morgan fingerprint density at radius 2 is 1.16 bits per heavy atom. The fraction of sp³-hybridized carbons (Fsp3) is 0.250. The number of fused-ring (bicyclic) bond motifs is 1. The highest BCUT2D eigenvalue weighted by Crippen LogP contribution is 2.53. The SMILES string of the molecule is CS(=O)(=O)O[C@@H]1[C@@H](OCc2ccccc2)[C@@H]2OC(c3ccccc3)OC[C@H]2O[C@H]1SC(c1ccccc1)(c1ccccc1)c1ccccc1. The number of benzene rings is 5. The number of hydrogen-bond donors (Lipinski definition) is 0. The Balaban J connectivity index is 1.34. The molecule has 2 aliphatic heterocycles. The van der Waals surface area contributed by atoms with Crippen molar-refractivity contribution in [2.75, 3.05) is 12.9 Å². The molecule has 2 heterocycles. The number of thioether (sulfide) groups is 1. The molecule has 9 heteroatoms. The highest BCUT2D eigenvalue weighted by atomic mass is 32.2. The van der Waals surface area contributed by atoms with Gasteiger partial charge in [-0.15, -0.1) is 11.8 Å². The zero-order chi connectivity index (χ0) is 33.7. The van der Waals surface area contributed by atoms with E-state index in [4.69, 9.17) is 23.1 Å². The monoisotopic (exact) mass is 694 g/mol. The van der Waals surface area contributed by atoms with Crippen LogP contribution in [0, 0.1) is 0 Å². The molecule has 0 amide bonds.